The summed E-state index contributed by atoms with van der Waals surface area (Å²) in [4.78, 5) is 49.9. The summed E-state index contributed by atoms with van der Waals surface area (Å²) in [6.07, 6.45) is 0.0553. The van der Waals surface area contributed by atoms with E-state index in [1.165, 1.54) is 7.11 Å². The van der Waals surface area contributed by atoms with Crippen LogP contribution in [0, 0.1) is 0 Å². The van der Waals surface area contributed by atoms with Crippen LogP contribution in [0.3, 0.4) is 0 Å². The van der Waals surface area contributed by atoms with E-state index in [0.29, 0.717) is 30.1 Å². The maximum atomic E-state index is 13.0. The number of benzene rings is 2. The predicted octanol–water partition coefficient (Wildman–Crippen LogP) is 1.60. The molecule has 0 aliphatic carbocycles. The normalized spacial score (nSPS) is 13.5. The van der Waals surface area contributed by atoms with Crippen LogP contribution in [0.4, 0.5) is 0 Å². The molecule has 1 heterocycles. The standard InChI is InChI=1S/C21H21N3O6/c1-3-30-18-10-13(8-9-17(18)29-2)16(11-19(26)23-22-12-25)24-20(27)14-6-4-5-7-15(14)21(24)28/h4-10,12,16H,3,11H2,1-2H3,(H,22,25)(H,23,26). The molecule has 3 rings (SSSR count). The summed E-state index contributed by atoms with van der Waals surface area (Å²) in [6, 6.07) is 10.5. The lowest BCUT2D eigenvalue weighted by atomic mass is 10.0. The quantitative estimate of drug-likeness (QED) is 0.368. The molecule has 1 unspecified atom stereocenters. The Balaban J connectivity index is 2.03. The summed E-state index contributed by atoms with van der Waals surface area (Å²) in [5, 5.41) is 0. The molecule has 1 aliphatic heterocycles. The van der Waals surface area contributed by atoms with Gasteiger partial charge in [0.2, 0.25) is 12.3 Å². The first-order chi connectivity index (χ1) is 14.5. The summed E-state index contributed by atoms with van der Waals surface area (Å²) in [5.41, 5.74) is 5.34. The molecule has 2 N–H and O–H groups in total. The third-order valence-electron chi connectivity index (χ3n) is 4.66. The van der Waals surface area contributed by atoms with Crippen LogP contribution in [0.2, 0.25) is 0 Å². The highest BCUT2D eigenvalue weighted by Crippen LogP contribution is 2.37. The fourth-order valence-corrected chi connectivity index (χ4v) is 3.35. The largest absolute Gasteiger partial charge is 0.493 e. The molecule has 0 saturated carbocycles. The molecule has 2 aromatic carbocycles. The van der Waals surface area contributed by atoms with Crippen molar-refractivity contribution in [3.8, 4) is 11.5 Å². The number of nitrogens with one attached hydrogen (secondary N) is 2. The zero-order chi connectivity index (χ0) is 21.7. The lowest BCUT2D eigenvalue weighted by molar-refractivity contribution is -0.125. The molecule has 30 heavy (non-hydrogen) atoms. The molecule has 2 aromatic rings. The van der Waals surface area contributed by atoms with Crippen LogP contribution in [0.25, 0.3) is 0 Å². The van der Waals surface area contributed by atoms with Crippen molar-refractivity contribution < 1.29 is 28.7 Å². The van der Waals surface area contributed by atoms with Crippen LogP contribution >= 0.6 is 0 Å². The van der Waals surface area contributed by atoms with Gasteiger partial charge in [-0.15, -0.1) is 0 Å². The van der Waals surface area contributed by atoms with Crippen molar-refractivity contribution in [1.29, 1.82) is 0 Å². The second-order valence-corrected chi connectivity index (χ2v) is 6.40. The highest BCUT2D eigenvalue weighted by Gasteiger charge is 2.41. The number of hydrazine groups is 1. The highest BCUT2D eigenvalue weighted by atomic mass is 16.5. The number of nitrogens with zero attached hydrogens (tertiary/aromatic N) is 1. The van der Waals surface area contributed by atoms with Crippen molar-refractivity contribution in [3.63, 3.8) is 0 Å². The number of hydrogen-bond donors (Lipinski definition) is 2. The van der Waals surface area contributed by atoms with E-state index in [2.05, 4.69) is 10.9 Å². The Hall–Kier alpha value is -3.88. The first-order valence-corrected chi connectivity index (χ1v) is 9.27. The number of ether oxygens (including phenoxy) is 2. The Morgan fingerprint density at radius 1 is 1.10 bits per heavy atom. The minimum absolute atomic E-state index is 0.260. The van der Waals surface area contributed by atoms with E-state index in [4.69, 9.17) is 9.47 Å². The number of rotatable bonds is 9. The molecule has 9 heteroatoms. The van der Waals surface area contributed by atoms with E-state index in [1.54, 1.807) is 42.5 Å². The Bertz CT molecular complexity index is 955. The van der Waals surface area contributed by atoms with Crippen molar-refractivity contribution in [1.82, 2.24) is 15.8 Å². The highest BCUT2D eigenvalue weighted by molar-refractivity contribution is 6.21. The summed E-state index contributed by atoms with van der Waals surface area (Å²) in [6.45, 7) is 2.19. The number of fused-ring (bicyclic) bond motifs is 1. The van der Waals surface area contributed by atoms with Crippen LogP contribution < -0.4 is 20.3 Å². The van der Waals surface area contributed by atoms with Crippen LogP contribution in [-0.4, -0.2) is 42.7 Å². The van der Waals surface area contributed by atoms with E-state index in [9.17, 15) is 19.2 Å². The van der Waals surface area contributed by atoms with Gasteiger partial charge in [-0.2, -0.15) is 0 Å². The number of carbonyl (C=O) groups is 4. The van der Waals surface area contributed by atoms with Crippen LogP contribution in [0.15, 0.2) is 42.5 Å². The Morgan fingerprint density at radius 3 is 2.33 bits per heavy atom. The lowest BCUT2D eigenvalue weighted by Crippen LogP contribution is -2.41. The maximum absolute atomic E-state index is 13.0. The SMILES string of the molecule is CCOc1cc(C(CC(=O)NNC=O)N2C(=O)c3ccccc3C2=O)ccc1OC. The summed E-state index contributed by atoms with van der Waals surface area (Å²) < 4.78 is 10.9. The fraction of sp³-hybridized carbons (Fsp3) is 0.238. The summed E-state index contributed by atoms with van der Waals surface area (Å²) in [5.74, 6) is -0.659. The molecule has 0 aromatic heterocycles. The van der Waals surface area contributed by atoms with E-state index in [0.717, 1.165) is 4.90 Å². The second kappa shape index (κ2) is 9.08. The van der Waals surface area contributed by atoms with Crippen molar-refractivity contribution in [2.75, 3.05) is 13.7 Å². The van der Waals surface area contributed by atoms with Crippen LogP contribution in [0.1, 0.15) is 45.7 Å². The van der Waals surface area contributed by atoms with Gasteiger partial charge >= 0.3 is 0 Å². The number of imide groups is 1. The third-order valence-corrected chi connectivity index (χ3v) is 4.66. The molecule has 0 radical (unpaired) electrons. The molecule has 4 amide bonds. The molecule has 0 fully saturated rings. The molecule has 0 spiro atoms. The predicted molar refractivity (Wildman–Crippen MR) is 106 cm³/mol. The van der Waals surface area contributed by atoms with Crippen molar-refractivity contribution in [3.05, 3.63) is 59.2 Å². The molecule has 1 aliphatic rings. The van der Waals surface area contributed by atoms with E-state index in [1.807, 2.05) is 6.92 Å². The van der Waals surface area contributed by atoms with E-state index < -0.39 is 23.8 Å². The minimum Gasteiger partial charge on any atom is -0.493 e. The summed E-state index contributed by atoms with van der Waals surface area (Å²) >= 11 is 0. The summed E-state index contributed by atoms with van der Waals surface area (Å²) in [7, 11) is 1.50. The van der Waals surface area contributed by atoms with E-state index >= 15 is 0 Å². The van der Waals surface area contributed by atoms with Gasteiger partial charge in [0.05, 0.1) is 37.3 Å². The average Bonchev–Trinajstić information content (AvgIpc) is 3.01. The maximum Gasteiger partial charge on any atom is 0.262 e. The van der Waals surface area contributed by atoms with Crippen LogP contribution in [0.5, 0.6) is 11.5 Å². The van der Waals surface area contributed by atoms with Crippen molar-refractivity contribution in [2.45, 2.75) is 19.4 Å². The first-order valence-electron chi connectivity index (χ1n) is 9.27. The van der Waals surface area contributed by atoms with Crippen molar-refractivity contribution >= 4 is 24.1 Å². The van der Waals surface area contributed by atoms with Gasteiger partial charge < -0.3 is 9.47 Å². The van der Waals surface area contributed by atoms with Gasteiger partial charge in [-0.05, 0) is 36.8 Å². The molecule has 0 saturated heterocycles. The monoisotopic (exact) mass is 411 g/mol. The zero-order valence-corrected chi connectivity index (χ0v) is 16.5. The number of carbonyl (C=O) groups excluding carboxylic acids is 4. The molecular weight excluding hydrogens is 390 g/mol. The minimum atomic E-state index is -0.920. The molecule has 156 valence electrons. The average molecular weight is 411 g/mol. The van der Waals surface area contributed by atoms with Gasteiger partial charge in [0, 0.05) is 0 Å². The number of methoxy groups -OCH3 is 1. The topological polar surface area (TPSA) is 114 Å². The second-order valence-electron chi connectivity index (χ2n) is 6.40. The molecule has 0 bridgehead atoms. The van der Waals surface area contributed by atoms with Gasteiger partial charge in [-0.3, -0.25) is 34.9 Å². The number of amides is 4. The Labute approximate surface area is 172 Å². The lowest BCUT2D eigenvalue weighted by Gasteiger charge is -2.27. The smallest absolute Gasteiger partial charge is 0.262 e. The zero-order valence-electron chi connectivity index (χ0n) is 16.5. The Morgan fingerprint density at radius 2 is 1.77 bits per heavy atom. The fourth-order valence-electron chi connectivity index (χ4n) is 3.35. The van der Waals surface area contributed by atoms with E-state index in [-0.39, 0.29) is 17.5 Å². The molecular formula is C21H21N3O6. The van der Waals surface area contributed by atoms with Gasteiger partial charge in [0.25, 0.3) is 11.8 Å². The first kappa shape index (κ1) is 20.8. The van der Waals surface area contributed by atoms with Gasteiger partial charge in [-0.25, -0.2) is 0 Å². The van der Waals surface area contributed by atoms with Gasteiger partial charge in [0.1, 0.15) is 0 Å². The molecule has 9 nitrogen and oxygen atoms in total. The third kappa shape index (κ3) is 3.95. The van der Waals surface area contributed by atoms with Crippen molar-refractivity contribution in [2.24, 2.45) is 0 Å². The Kier molecular flexibility index (Phi) is 6.31. The number of hydrogen-bond acceptors (Lipinski definition) is 6. The molecule has 1 atom stereocenters. The van der Waals surface area contributed by atoms with Gasteiger partial charge in [0.15, 0.2) is 11.5 Å². The van der Waals surface area contributed by atoms with Crippen LogP contribution in [-0.2, 0) is 9.59 Å². The van der Waals surface area contributed by atoms with Gasteiger partial charge in [-0.1, -0.05) is 18.2 Å².